The third kappa shape index (κ3) is 7.49. The summed E-state index contributed by atoms with van der Waals surface area (Å²) in [5, 5.41) is 0. The Balaban J connectivity index is 3.51. The quantitative estimate of drug-likeness (QED) is 0.512. The van der Waals surface area contributed by atoms with Crippen molar-refractivity contribution in [1.82, 2.24) is 4.90 Å². The van der Waals surface area contributed by atoms with E-state index in [9.17, 15) is 4.79 Å². The topological polar surface area (TPSA) is 20.3 Å². The Labute approximate surface area is 101 Å². The minimum Gasteiger partial charge on any atom is -0.320 e. The molecular formula is C14H27NO. The summed E-state index contributed by atoms with van der Waals surface area (Å²) < 4.78 is 0. The fourth-order valence-corrected chi connectivity index (χ4v) is 1.76. The van der Waals surface area contributed by atoms with Gasteiger partial charge in [-0.3, -0.25) is 4.79 Å². The molecule has 0 heterocycles. The lowest BCUT2D eigenvalue weighted by atomic mass is 10.1. The molecule has 0 aromatic carbocycles. The lowest BCUT2D eigenvalue weighted by molar-refractivity contribution is -0.128. The highest BCUT2D eigenvalue weighted by Crippen LogP contribution is 2.08. The number of carbonyl (C=O) groups is 1. The zero-order chi connectivity index (χ0) is 12.2. The number of unbranched alkanes of at least 4 members (excludes halogenated alkanes) is 5. The average molecular weight is 225 g/mol. The Bertz CT molecular complexity index is 189. The van der Waals surface area contributed by atoms with Gasteiger partial charge >= 0.3 is 0 Å². The summed E-state index contributed by atoms with van der Waals surface area (Å²) in [4.78, 5) is 13.4. The molecule has 0 saturated heterocycles. The van der Waals surface area contributed by atoms with Crippen molar-refractivity contribution < 1.29 is 4.79 Å². The molecular weight excluding hydrogens is 198 g/mol. The van der Waals surface area contributed by atoms with Gasteiger partial charge in [0.1, 0.15) is 0 Å². The van der Waals surface area contributed by atoms with Crippen molar-refractivity contribution >= 4 is 5.91 Å². The van der Waals surface area contributed by atoms with Gasteiger partial charge in [-0.05, 0) is 19.0 Å². The number of amides is 1. The van der Waals surface area contributed by atoms with E-state index in [-0.39, 0.29) is 5.91 Å². The van der Waals surface area contributed by atoms with Gasteiger partial charge in [-0.25, -0.2) is 0 Å². The van der Waals surface area contributed by atoms with Gasteiger partial charge < -0.3 is 4.90 Å². The van der Waals surface area contributed by atoms with E-state index < -0.39 is 0 Å². The molecule has 16 heavy (non-hydrogen) atoms. The molecule has 0 N–H and O–H groups in total. The Morgan fingerprint density at radius 1 is 1.06 bits per heavy atom. The minimum atomic E-state index is 0.229. The van der Waals surface area contributed by atoms with Crippen molar-refractivity contribution in [2.24, 2.45) is 0 Å². The minimum absolute atomic E-state index is 0.229. The Morgan fingerprint density at radius 3 is 2.25 bits per heavy atom. The molecule has 0 rings (SSSR count). The van der Waals surface area contributed by atoms with E-state index >= 15 is 0 Å². The molecule has 0 unspecified atom stereocenters. The van der Waals surface area contributed by atoms with E-state index in [1.54, 1.807) is 11.1 Å². The molecule has 94 valence electrons. The van der Waals surface area contributed by atoms with Crippen LogP contribution in [0.3, 0.4) is 0 Å². The number of rotatable bonds is 10. The number of hydrogen-bond acceptors (Lipinski definition) is 1. The van der Waals surface area contributed by atoms with E-state index in [1.165, 1.54) is 32.1 Å². The monoisotopic (exact) mass is 225 g/mol. The number of hydrogen-bond donors (Lipinski definition) is 0. The number of carbonyl (C=O) groups excluding carboxylic acids is 1. The molecule has 0 radical (unpaired) electrons. The van der Waals surface area contributed by atoms with Crippen LogP contribution in [0.4, 0.5) is 0 Å². The average Bonchev–Trinajstić information content (AvgIpc) is 2.30. The maximum Gasteiger partial charge on any atom is 0.226 e. The zero-order valence-corrected chi connectivity index (χ0v) is 11.0. The fourth-order valence-electron chi connectivity index (χ4n) is 1.76. The molecule has 0 aromatic rings. The highest BCUT2D eigenvalue weighted by molar-refractivity contribution is 5.77. The SMILES string of the molecule is C=CN(CCC)C(=O)CCCCCCCC. The van der Waals surface area contributed by atoms with Crippen molar-refractivity contribution in [2.75, 3.05) is 6.54 Å². The largest absolute Gasteiger partial charge is 0.320 e. The van der Waals surface area contributed by atoms with Gasteiger partial charge in [0.05, 0.1) is 0 Å². The van der Waals surface area contributed by atoms with E-state index in [0.29, 0.717) is 6.42 Å². The van der Waals surface area contributed by atoms with E-state index in [4.69, 9.17) is 0 Å². The normalized spacial score (nSPS) is 10.1. The van der Waals surface area contributed by atoms with Gasteiger partial charge in [0, 0.05) is 13.0 Å². The molecule has 0 aliphatic rings. The maximum absolute atomic E-state index is 11.7. The molecule has 0 fully saturated rings. The van der Waals surface area contributed by atoms with Crippen LogP contribution >= 0.6 is 0 Å². The predicted molar refractivity (Wildman–Crippen MR) is 70.2 cm³/mol. The molecule has 2 nitrogen and oxygen atoms in total. The van der Waals surface area contributed by atoms with E-state index in [0.717, 1.165) is 19.4 Å². The third-order valence-corrected chi connectivity index (χ3v) is 2.75. The maximum atomic E-state index is 11.7. The Hall–Kier alpha value is -0.790. The van der Waals surface area contributed by atoms with E-state index in [2.05, 4.69) is 20.4 Å². The van der Waals surface area contributed by atoms with Crippen LogP contribution in [-0.4, -0.2) is 17.4 Å². The fraction of sp³-hybridized carbons (Fsp3) is 0.786. The summed E-state index contributed by atoms with van der Waals surface area (Å²) in [6.45, 7) is 8.77. The van der Waals surface area contributed by atoms with Crippen molar-refractivity contribution in [2.45, 2.75) is 65.2 Å². The molecule has 1 amide bonds. The van der Waals surface area contributed by atoms with E-state index in [1.807, 2.05) is 0 Å². The van der Waals surface area contributed by atoms with Crippen LogP contribution in [0.25, 0.3) is 0 Å². The van der Waals surface area contributed by atoms with Gasteiger partial charge in [0.25, 0.3) is 0 Å². The number of nitrogens with zero attached hydrogens (tertiary/aromatic N) is 1. The van der Waals surface area contributed by atoms with Crippen molar-refractivity contribution in [1.29, 1.82) is 0 Å². The lowest BCUT2D eigenvalue weighted by Gasteiger charge is -2.16. The molecule has 0 spiro atoms. The van der Waals surface area contributed by atoms with Crippen LogP contribution in [0.5, 0.6) is 0 Å². The summed E-state index contributed by atoms with van der Waals surface area (Å²) >= 11 is 0. The van der Waals surface area contributed by atoms with Crippen LogP contribution in [0.15, 0.2) is 12.8 Å². The van der Waals surface area contributed by atoms with Crippen molar-refractivity contribution in [3.63, 3.8) is 0 Å². The molecule has 2 heteroatoms. The first-order valence-electron chi connectivity index (χ1n) is 6.68. The summed E-state index contributed by atoms with van der Waals surface area (Å²) in [7, 11) is 0. The predicted octanol–water partition coefficient (Wildman–Crippen LogP) is 4.12. The van der Waals surface area contributed by atoms with Crippen LogP contribution in [0.2, 0.25) is 0 Å². The highest BCUT2D eigenvalue weighted by atomic mass is 16.2. The first kappa shape index (κ1) is 15.2. The second kappa shape index (κ2) is 10.7. The molecule has 0 bridgehead atoms. The third-order valence-electron chi connectivity index (χ3n) is 2.75. The van der Waals surface area contributed by atoms with Crippen LogP contribution in [0, 0.1) is 0 Å². The molecule has 0 atom stereocenters. The van der Waals surface area contributed by atoms with Gasteiger partial charge in [-0.2, -0.15) is 0 Å². The Kier molecular flexibility index (Phi) is 10.2. The Morgan fingerprint density at radius 2 is 1.69 bits per heavy atom. The molecule has 0 saturated carbocycles. The summed E-state index contributed by atoms with van der Waals surface area (Å²) in [5.74, 6) is 0.229. The van der Waals surface area contributed by atoms with Gasteiger partial charge in [-0.15, -0.1) is 0 Å². The first-order valence-corrected chi connectivity index (χ1v) is 6.68. The summed E-state index contributed by atoms with van der Waals surface area (Å²) in [5.41, 5.74) is 0. The molecule has 0 aliphatic heterocycles. The second-order valence-corrected chi connectivity index (χ2v) is 4.29. The van der Waals surface area contributed by atoms with Crippen LogP contribution < -0.4 is 0 Å². The second-order valence-electron chi connectivity index (χ2n) is 4.29. The zero-order valence-electron chi connectivity index (χ0n) is 11.0. The van der Waals surface area contributed by atoms with Crippen LogP contribution in [-0.2, 0) is 4.79 Å². The van der Waals surface area contributed by atoms with Gasteiger partial charge in [0.15, 0.2) is 0 Å². The first-order chi connectivity index (χ1) is 7.76. The summed E-state index contributed by atoms with van der Waals surface area (Å²) in [6.07, 6.45) is 10.7. The van der Waals surface area contributed by atoms with Gasteiger partial charge in [-0.1, -0.05) is 52.5 Å². The molecule has 0 aliphatic carbocycles. The van der Waals surface area contributed by atoms with Crippen LogP contribution in [0.1, 0.15) is 65.2 Å². The van der Waals surface area contributed by atoms with Gasteiger partial charge in [0.2, 0.25) is 5.91 Å². The standard InChI is InChI=1S/C14H27NO/c1-4-7-8-9-10-11-12-14(16)15(6-3)13-5-2/h6H,3-5,7-13H2,1-2H3. The molecule has 0 aromatic heterocycles. The lowest BCUT2D eigenvalue weighted by Crippen LogP contribution is -2.25. The smallest absolute Gasteiger partial charge is 0.226 e. The van der Waals surface area contributed by atoms with Crippen molar-refractivity contribution in [3.8, 4) is 0 Å². The summed E-state index contributed by atoms with van der Waals surface area (Å²) in [6, 6.07) is 0. The highest BCUT2D eigenvalue weighted by Gasteiger charge is 2.07. The van der Waals surface area contributed by atoms with Crippen molar-refractivity contribution in [3.05, 3.63) is 12.8 Å².